The minimum atomic E-state index is -0.105. The fourth-order valence-electron chi connectivity index (χ4n) is 2.81. The Morgan fingerprint density at radius 2 is 2.35 bits per heavy atom. The molecule has 1 aliphatic rings. The van der Waals surface area contributed by atoms with Gasteiger partial charge in [0.2, 0.25) is 0 Å². The van der Waals surface area contributed by atoms with Gasteiger partial charge in [0.05, 0.1) is 17.8 Å². The first-order valence-electron chi connectivity index (χ1n) is 8.11. The number of rotatable bonds is 5. The molecule has 5 nitrogen and oxygen atoms in total. The summed E-state index contributed by atoms with van der Waals surface area (Å²) in [6.45, 7) is 5.80. The minimum absolute atomic E-state index is 0.105. The molecule has 0 spiro atoms. The van der Waals surface area contributed by atoms with Crippen LogP contribution >= 0.6 is 11.3 Å². The van der Waals surface area contributed by atoms with Gasteiger partial charge in [0.15, 0.2) is 0 Å². The summed E-state index contributed by atoms with van der Waals surface area (Å²) in [5.74, 6) is 0.853. The van der Waals surface area contributed by atoms with Gasteiger partial charge in [-0.15, -0.1) is 11.3 Å². The maximum atomic E-state index is 12.2. The monoisotopic (exact) mass is 330 g/mol. The number of anilines is 1. The average Bonchev–Trinajstić information content (AvgIpc) is 3.21. The molecule has 1 aliphatic heterocycles. The molecule has 1 atom stereocenters. The molecule has 1 fully saturated rings. The normalized spacial score (nSPS) is 17.5. The van der Waals surface area contributed by atoms with Gasteiger partial charge in [0.1, 0.15) is 10.8 Å². The van der Waals surface area contributed by atoms with Crippen molar-refractivity contribution in [2.45, 2.75) is 45.7 Å². The van der Waals surface area contributed by atoms with Crippen LogP contribution in [0.25, 0.3) is 0 Å². The summed E-state index contributed by atoms with van der Waals surface area (Å²) >= 11 is 1.58. The number of nitrogens with one attached hydrogen (secondary N) is 1. The van der Waals surface area contributed by atoms with Crippen LogP contribution in [0.4, 0.5) is 5.82 Å². The third-order valence-corrected chi connectivity index (χ3v) is 5.12. The smallest absolute Gasteiger partial charge is 0.253 e. The summed E-state index contributed by atoms with van der Waals surface area (Å²) in [6, 6.07) is 4.32. The predicted molar refractivity (Wildman–Crippen MR) is 92.9 cm³/mol. The molecule has 0 radical (unpaired) electrons. The van der Waals surface area contributed by atoms with Crippen molar-refractivity contribution in [3.63, 3.8) is 0 Å². The summed E-state index contributed by atoms with van der Waals surface area (Å²) < 4.78 is 0. The van der Waals surface area contributed by atoms with Crippen molar-refractivity contribution in [1.82, 2.24) is 15.3 Å². The van der Waals surface area contributed by atoms with Gasteiger partial charge in [-0.1, -0.05) is 6.92 Å². The van der Waals surface area contributed by atoms with Crippen LogP contribution in [0.2, 0.25) is 0 Å². The molecule has 0 saturated carbocycles. The molecule has 0 bridgehead atoms. The third kappa shape index (κ3) is 3.69. The number of amides is 1. The number of nitrogens with zero attached hydrogens (tertiary/aromatic N) is 3. The van der Waals surface area contributed by atoms with Gasteiger partial charge in [-0.3, -0.25) is 4.79 Å². The van der Waals surface area contributed by atoms with Crippen LogP contribution in [-0.4, -0.2) is 28.5 Å². The molecule has 0 unspecified atom stereocenters. The molecule has 1 saturated heterocycles. The van der Waals surface area contributed by atoms with E-state index in [0.717, 1.165) is 29.5 Å². The van der Waals surface area contributed by atoms with Crippen molar-refractivity contribution in [3.05, 3.63) is 40.0 Å². The molecule has 122 valence electrons. The van der Waals surface area contributed by atoms with E-state index >= 15 is 0 Å². The molecule has 1 amide bonds. The zero-order valence-electron chi connectivity index (χ0n) is 13.6. The van der Waals surface area contributed by atoms with Gasteiger partial charge in [-0.2, -0.15) is 0 Å². The second-order valence-electron chi connectivity index (χ2n) is 5.86. The Labute approximate surface area is 140 Å². The molecular formula is C17H22N4OS. The number of hydrogen-bond acceptors (Lipinski definition) is 5. The van der Waals surface area contributed by atoms with Crippen LogP contribution in [0.3, 0.4) is 0 Å². The third-order valence-electron chi connectivity index (χ3n) is 4.22. The number of aryl methyl sites for hydroxylation is 1. The number of aromatic nitrogens is 2. The Hall–Kier alpha value is -1.95. The zero-order chi connectivity index (χ0) is 16.2. The molecule has 2 aromatic heterocycles. The lowest BCUT2D eigenvalue weighted by atomic mass is 10.2. The molecule has 3 rings (SSSR count). The van der Waals surface area contributed by atoms with E-state index in [1.54, 1.807) is 17.5 Å². The maximum Gasteiger partial charge on any atom is 0.253 e. The molecule has 23 heavy (non-hydrogen) atoms. The van der Waals surface area contributed by atoms with E-state index in [4.69, 9.17) is 0 Å². The number of thiazole rings is 1. The maximum absolute atomic E-state index is 12.2. The second kappa shape index (κ2) is 7.08. The quantitative estimate of drug-likeness (QED) is 0.915. The van der Waals surface area contributed by atoms with Gasteiger partial charge in [0, 0.05) is 24.2 Å². The molecular weight excluding hydrogens is 308 g/mol. The van der Waals surface area contributed by atoms with E-state index in [1.807, 2.05) is 17.5 Å². The van der Waals surface area contributed by atoms with Crippen LogP contribution in [0, 0.1) is 0 Å². The van der Waals surface area contributed by atoms with Crippen molar-refractivity contribution < 1.29 is 4.79 Å². The summed E-state index contributed by atoms with van der Waals surface area (Å²) in [7, 11) is 0. The van der Waals surface area contributed by atoms with E-state index < -0.39 is 0 Å². The van der Waals surface area contributed by atoms with Crippen LogP contribution in [0.5, 0.6) is 0 Å². The lowest BCUT2D eigenvalue weighted by molar-refractivity contribution is 0.0950. The van der Waals surface area contributed by atoms with Gasteiger partial charge < -0.3 is 10.2 Å². The Morgan fingerprint density at radius 1 is 1.48 bits per heavy atom. The Morgan fingerprint density at radius 3 is 2.96 bits per heavy atom. The number of pyridine rings is 1. The largest absolute Gasteiger partial charge is 0.354 e. The fraction of sp³-hybridized carbons (Fsp3) is 0.471. The Balaban J connectivity index is 1.59. The summed E-state index contributed by atoms with van der Waals surface area (Å²) in [4.78, 5) is 23.4. The van der Waals surface area contributed by atoms with Gasteiger partial charge in [-0.05, 0) is 38.3 Å². The number of hydrogen-bond donors (Lipinski definition) is 1. The molecule has 6 heteroatoms. The van der Waals surface area contributed by atoms with Gasteiger partial charge >= 0.3 is 0 Å². The second-order valence-corrected chi connectivity index (χ2v) is 6.80. The molecule has 0 aromatic carbocycles. The minimum Gasteiger partial charge on any atom is -0.354 e. The van der Waals surface area contributed by atoms with Crippen molar-refractivity contribution >= 4 is 23.1 Å². The van der Waals surface area contributed by atoms with Crippen molar-refractivity contribution in [2.75, 3.05) is 11.4 Å². The van der Waals surface area contributed by atoms with Crippen molar-refractivity contribution in [2.24, 2.45) is 0 Å². The standard InChI is InChI=1S/C17H22N4OS/c1-3-14-11-23-16(20-14)10-19-17(22)13-6-7-15(18-9-13)21-8-4-5-12(21)2/h6-7,9,11-12H,3-5,8,10H2,1-2H3,(H,19,22)/t12-/m0/s1. The number of carbonyl (C=O) groups is 1. The first kappa shape index (κ1) is 15.9. The highest BCUT2D eigenvalue weighted by molar-refractivity contribution is 7.09. The lowest BCUT2D eigenvalue weighted by Gasteiger charge is -2.22. The highest BCUT2D eigenvalue weighted by atomic mass is 32.1. The average molecular weight is 330 g/mol. The number of carbonyl (C=O) groups excluding carboxylic acids is 1. The van der Waals surface area contributed by atoms with E-state index in [1.165, 1.54) is 12.8 Å². The van der Waals surface area contributed by atoms with E-state index in [0.29, 0.717) is 18.2 Å². The van der Waals surface area contributed by atoms with Crippen LogP contribution in [-0.2, 0) is 13.0 Å². The lowest BCUT2D eigenvalue weighted by Crippen LogP contribution is -2.27. The first-order valence-corrected chi connectivity index (χ1v) is 8.99. The highest BCUT2D eigenvalue weighted by Gasteiger charge is 2.21. The van der Waals surface area contributed by atoms with Crippen molar-refractivity contribution in [1.29, 1.82) is 0 Å². The topological polar surface area (TPSA) is 58.1 Å². The molecule has 3 heterocycles. The Bertz CT molecular complexity index is 667. The zero-order valence-corrected chi connectivity index (χ0v) is 14.4. The van der Waals surface area contributed by atoms with Crippen LogP contribution in [0.15, 0.2) is 23.7 Å². The summed E-state index contributed by atoms with van der Waals surface area (Å²) in [5.41, 5.74) is 1.66. The summed E-state index contributed by atoms with van der Waals surface area (Å²) in [5, 5.41) is 5.88. The van der Waals surface area contributed by atoms with Crippen molar-refractivity contribution in [3.8, 4) is 0 Å². The van der Waals surface area contributed by atoms with Gasteiger partial charge in [-0.25, -0.2) is 9.97 Å². The van der Waals surface area contributed by atoms with E-state index in [2.05, 4.69) is 34.0 Å². The van der Waals surface area contributed by atoms with Crippen LogP contribution < -0.4 is 10.2 Å². The van der Waals surface area contributed by atoms with E-state index in [-0.39, 0.29) is 5.91 Å². The molecule has 0 aliphatic carbocycles. The highest BCUT2D eigenvalue weighted by Crippen LogP contribution is 2.23. The molecule has 1 N–H and O–H groups in total. The van der Waals surface area contributed by atoms with E-state index in [9.17, 15) is 4.79 Å². The first-order chi connectivity index (χ1) is 11.2. The molecule has 2 aromatic rings. The summed E-state index contributed by atoms with van der Waals surface area (Å²) in [6.07, 6.45) is 5.00. The fourth-order valence-corrected chi connectivity index (χ4v) is 3.63. The van der Waals surface area contributed by atoms with Gasteiger partial charge in [0.25, 0.3) is 5.91 Å². The Kier molecular flexibility index (Phi) is 4.91. The predicted octanol–water partition coefficient (Wildman–Crippen LogP) is 3.02. The van der Waals surface area contributed by atoms with Crippen LogP contribution in [0.1, 0.15) is 47.7 Å². The SMILES string of the molecule is CCc1csc(CNC(=O)c2ccc(N3CCC[C@@H]3C)nc2)n1.